The number of rotatable bonds is 4. The van der Waals surface area contributed by atoms with Gasteiger partial charge in [-0.05, 0) is 18.6 Å². The number of aldehydes is 1. The average Bonchev–Trinajstić information content (AvgIpc) is 2.46. The molecule has 1 aliphatic heterocycles. The lowest BCUT2D eigenvalue weighted by Gasteiger charge is -2.33. The molecule has 6 heteroatoms. The van der Waals surface area contributed by atoms with Crippen LogP contribution in [-0.2, 0) is 0 Å². The van der Waals surface area contributed by atoms with E-state index in [0.29, 0.717) is 11.5 Å². The van der Waals surface area contributed by atoms with E-state index in [9.17, 15) is 14.9 Å². The Bertz CT molecular complexity index is 493. The standard InChI is InChI=1S/C13H16N2O3S/c1-2-12-8-14(5-6-19-12)11-3-4-13(15(17)18)10(7-11)9-16/h3-4,7,9,12H,2,5-6,8H2,1H3. The van der Waals surface area contributed by atoms with Crippen LogP contribution in [0, 0.1) is 10.1 Å². The molecule has 1 saturated heterocycles. The number of hydrogen-bond acceptors (Lipinski definition) is 5. The number of nitro benzene ring substituents is 1. The fourth-order valence-corrected chi connectivity index (χ4v) is 3.38. The molecule has 0 amide bonds. The minimum absolute atomic E-state index is 0.128. The summed E-state index contributed by atoms with van der Waals surface area (Å²) in [7, 11) is 0. The van der Waals surface area contributed by atoms with E-state index in [1.165, 1.54) is 6.07 Å². The number of nitro groups is 1. The van der Waals surface area contributed by atoms with E-state index in [-0.39, 0.29) is 11.3 Å². The van der Waals surface area contributed by atoms with Crippen LogP contribution in [0.2, 0.25) is 0 Å². The van der Waals surface area contributed by atoms with Gasteiger partial charge in [0.25, 0.3) is 5.69 Å². The van der Waals surface area contributed by atoms with Crippen molar-refractivity contribution in [1.82, 2.24) is 0 Å². The maximum atomic E-state index is 11.0. The lowest BCUT2D eigenvalue weighted by molar-refractivity contribution is -0.385. The number of nitrogens with zero attached hydrogens (tertiary/aromatic N) is 2. The number of thioether (sulfide) groups is 1. The van der Waals surface area contributed by atoms with Gasteiger partial charge in [-0.15, -0.1) is 0 Å². The zero-order valence-electron chi connectivity index (χ0n) is 10.7. The first kappa shape index (κ1) is 13.9. The Hall–Kier alpha value is -1.56. The van der Waals surface area contributed by atoms with E-state index in [4.69, 9.17) is 0 Å². The number of hydrogen-bond donors (Lipinski definition) is 0. The van der Waals surface area contributed by atoms with Crippen LogP contribution in [0.3, 0.4) is 0 Å². The van der Waals surface area contributed by atoms with Crippen molar-refractivity contribution in [2.75, 3.05) is 23.7 Å². The van der Waals surface area contributed by atoms with Crippen LogP contribution in [0.4, 0.5) is 11.4 Å². The molecule has 1 unspecified atom stereocenters. The highest BCUT2D eigenvalue weighted by molar-refractivity contribution is 8.00. The molecule has 19 heavy (non-hydrogen) atoms. The number of carbonyl (C=O) groups excluding carboxylic acids is 1. The summed E-state index contributed by atoms with van der Waals surface area (Å²) in [6.45, 7) is 4.00. The topological polar surface area (TPSA) is 63.4 Å². The molecule has 2 rings (SSSR count). The third-order valence-electron chi connectivity index (χ3n) is 3.29. The van der Waals surface area contributed by atoms with Crippen LogP contribution in [0.1, 0.15) is 23.7 Å². The molecule has 0 aromatic heterocycles. The molecule has 1 heterocycles. The van der Waals surface area contributed by atoms with Crippen molar-refractivity contribution in [3.8, 4) is 0 Å². The van der Waals surface area contributed by atoms with Gasteiger partial charge in [0, 0.05) is 35.8 Å². The van der Waals surface area contributed by atoms with Gasteiger partial charge >= 0.3 is 0 Å². The van der Waals surface area contributed by atoms with Crippen molar-refractivity contribution >= 4 is 29.4 Å². The second-order valence-electron chi connectivity index (χ2n) is 4.47. The molecule has 0 aliphatic carbocycles. The molecule has 1 aromatic rings. The summed E-state index contributed by atoms with van der Waals surface area (Å²) in [5.74, 6) is 1.05. The molecule has 1 atom stereocenters. The molecule has 0 bridgehead atoms. The Labute approximate surface area is 116 Å². The molecule has 1 aromatic carbocycles. The van der Waals surface area contributed by atoms with Crippen molar-refractivity contribution in [1.29, 1.82) is 0 Å². The summed E-state index contributed by atoms with van der Waals surface area (Å²) in [5.41, 5.74) is 0.914. The average molecular weight is 280 g/mol. The summed E-state index contributed by atoms with van der Waals surface area (Å²) in [4.78, 5) is 23.4. The minimum atomic E-state index is -0.519. The van der Waals surface area contributed by atoms with E-state index in [0.717, 1.165) is 31.0 Å². The Morgan fingerprint density at radius 3 is 3.00 bits per heavy atom. The maximum Gasteiger partial charge on any atom is 0.280 e. The third-order valence-corrected chi connectivity index (χ3v) is 4.67. The molecule has 1 aliphatic rings. The van der Waals surface area contributed by atoms with Crippen LogP contribution in [0.5, 0.6) is 0 Å². The summed E-state index contributed by atoms with van der Waals surface area (Å²) < 4.78 is 0. The summed E-state index contributed by atoms with van der Waals surface area (Å²) in [5, 5.41) is 11.4. The molecule has 102 valence electrons. The van der Waals surface area contributed by atoms with Crippen molar-refractivity contribution in [2.45, 2.75) is 18.6 Å². The fraction of sp³-hybridized carbons (Fsp3) is 0.462. The second-order valence-corrected chi connectivity index (χ2v) is 5.87. The molecule has 0 saturated carbocycles. The van der Waals surface area contributed by atoms with Gasteiger partial charge in [0.15, 0.2) is 6.29 Å². The largest absolute Gasteiger partial charge is 0.370 e. The second kappa shape index (κ2) is 6.06. The minimum Gasteiger partial charge on any atom is -0.370 e. The van der Waals surface area contributed by atoms with Crippen molar-refractivity contribution < 1.29 is 9.72 Å². The van der Waals surface area contributed by atoms with Gasteiger partial charge in [-0.3, -0.25) is 14.9 Å². The summed E-state index contributed by atoms with van der Waals surface area (Å²) in [6.07, 6.45) is 1.66. The third kappa shape index (κ3) is 3.07. The van der Waals surface area contributed by atoms with E-state index in [1.807, 2.05) is 11.8 Å². The van der Waals surface area contributed by atoms with Crippen LogP contribution in [0.15, 0.2) is 18.2 Å². The van der Waals surface area contributed by atoms with Gasteiger partial charge in [-0.25, -0.2) is 0 Å². The summed E-state index contributed by atoms with van der Waals surface area (Å²) in [6, 6.07) is 4.77. The van der Waals surface area contributed by atoms with Crippen LogP contribution in [0.25, 0.3) is 0 Å². The highest BCUT2D eigenvalue weighted by Gasteiger charge is 2.21. The SMILES string of the molecule is CCC1CN(c2ccc([N+](=O)[O-])c(C=O)c2)CCS1. The predicted molar refractivity (Wildman–Crippen MR) is 77.2 cm³/mol. The van der Waals surface area contributed by atoms with E-state index >= 15 is 0 Å². The zero-order chi connectivity index (χ0) is 13.8. The van der Waals surface area contributed by atoms with Crippen LogP contribution >= 0.6 is 11.8 Å². The molecule has 0 N–H and O–H groups in total. The number of anilines is 1. The quantitative estimate of drug-likeness (QED) is 0.482. The first-order chi connectivity index (χ1) is 9.15. The first-order valence-electron chi connectivity index (χ1n) is 6.26. The lowest BCUT2D eigenvalue weighted by Crippen LogP contribution is -2.37. The van der Waals surface area contributed by atoms with E-state index in [2.05, 4.69) is 11.8 Å². The van der Waals surface area contributed by atoms with Gasteiger partial charge in [0.1, 0.15) is 0 Å². The zero-order valence-corrected chi connectivity index (χ0v) is 11.6. The molecule has 5 nitrogen and oxygen atoms in total. The maximum absolute atomic E-state index is 11.0. The Kier molecular flexibility index (Phi) is 4.42. The molecule has 0 spiro atoms. The van der Waals surface area contributed by atoms with Crippen molar-refractivity contribution in [2.24, 2.45) is 0 Å². The lowest BCUT2D eigenvalue weighted by atomic mass is 10.1. The van der Waals surface area contributed by atoms with Crippen LogP contribution < -0.4 is 4.90 Å². The molecular formula is C13H16N2O3S. The van der Waals surface area contributed by atoms with Gasteiger partial charge in [0.05, 0.1) is 10.5 Å². The Morgan fingerprint density at radius 1 is 1.58 bits per heavy atom. The molecule has 1 fully saturated rings. The normalized spacial score (nSPS) is 19.2. The monoisotopic (exact) mass is 280 g/mol. The predicted octanol–water partition coefficient (Wildman–Crippen LogP) is 2.74. The summed E-state index contributed by atoms with van der Waals surface area (Å²) >= 11 is 1.96. The first-order valence-corrected chi connectivity index (χ1v) is 7.30. The van der Waals surface area contributed by atoms with Gasteiger partial charge in [-0.1, -0.05) is 6.92 Å². The molecule has 0 radical (unpaired) electrons. The number of benzene rings is 1. The van der Waals surface area contributed by atoms with E-state index < -0.39 is 4.92 Å². The van der Waals surface area contributed by atoms with E-state index in [1.54, 1.807) is 12.1 Å². The fourth-order valence-electron chi connectivity index (χ4n) is 2.20. The van der Waals surface area contributed by atoms with Crippen molar-refractivity contribution in [3.63, 3.8) is 0 Å². The van der Waals surface area contributed by atoms with Gasteiger partial charge in [0.2, 0.25) is 0 Å². The highest BCUT2D eigenvalue weighted by atomic mass is 32.2. The smallest absolute Gasteiger partial charge is 0.280 e. The van der Waals surface area contributed by atoms with Gasteiger partial charge in [-0.2, -0.15) is 11.8 Å². The molecular weight excluding hydrogens is 264 g/mol. The number of carbonyl (C=O) groups is 1. The van der Waals surface area contributed by atoms with Gasteiger partial charge < -0.3 is 4.90 Å². The highest BCUT2D eigenvalue weighted by Crippen LogP contribution is 2.28. The van der Waals surface area contributed by atoms with Crippen LogP contribution in [-0.4, -0.2) is 35.3 Å². The Morgan fingerprint density at radius 2 is 2.37 bits per heavy atom. The van der Waals surface area contributed by atoms with Crippen molar-refractivity contribution in [3.05, 3.63) is 33.9 Å². The Balaban J connectivity index is 2.25.